The quantitative estimate of drug-likeness (QED) is 0.629. The molecule has 8 nitrogen and oxygen atoms in total. The molecule has 0 saturated carbocycles. The summed E-state index contributed by atoms with van der Waals surface area (Å²) in [5.74, 6) is -3.70. The van der Waals surface area contributed by atoms with Crippen molar-refractivity contribution in [2.24, 2.45) is 0 Å². The number of carbonyl (C=O) groups is 2. The molecule has 1 aromatic carbocycles. The molecule has 0 radical (unpaired) electrons. The number of hydrogen-bond donors (Lipinski definition) is 3. The Kier molecular flexibility index (Phi) is 4.79. The molecule has 1 rings (SSSR count). The molecule has 1 aromatic rings. The molecule has 3 N–H and O–H groups in total. The molecule has 106 valence electrons. The monoisotopic (exact) mass is 298 g/mol. The number of hydrogen-bond acceptors (Lipinski definition) is 5. The number of carbonyl (C=O) groups excluding carboxylic acids is 1. The van der Waals surface area contributed by atoms with Crippen LogP contribution in [0.15, 0.2) is 24.3 Å². The van der Waals surface area contributed by atoms with Gasteiger partial charge in [0.2, 0.25) is 0 Å². The summed E-state index contributed by atoms with van der Waals surface area (Å²) in [6, 6.07) is 5.56. The highest BCUT2D eigenvalue weighted by Crippen LogP contribution is 2.07. The van der Waals surface area contributed by atoms with Gasteiger partial charge >= 0.3 is 5.97 Å². The van der Waals surface area contributed by atoms with E-state index in [0.717, 1.165) is 0 Å². The van der Waals surface area contributed by atoms with Crippen LogP contribution in [-0.2, 0) is 14.9 Å². The molecule has 0 bridgehead atoms. The molecular weight excluding hydrogens is 288 g/mol. The van der Waals surface area contributed by atoms with Crippen molar-refractivity contribution in [2.45, 2.75) is 6.04 Å². The second kappa shape index (κ2) is 6.14. The Morgan fingerprint density at radius 2 is 1.95 bits per heavy atom. The van der Waals surface area contributed by atoms with Crippen molar-refractivity contribution in [3.63, 3.8) is 0 Å². The fourth-order valence-corrected chi connectivity index (χ4v) is 2.05. The molecule has 20 heavy (non-hydrogen) atoms. The third-order valence-corrected chi connectivity index (χ3v) is 3.03. The molecule has 1 atom stereocenters. The summed E-state index contributed by atoms with van der Waals surface area (Å²) in [5.41, 5.74) is -0.0717. The van der Waals surface area contributed by atoms with Crippen LogP contribution in [0.3, 0.4) is 0 Å². The molecule has 0 aromatic heterocycles. The van der Waals surface area contributed by atoms with Gasteiger partial charge in [0.05, 0.1) is 17.2 Å². The van der Waals surface area contributed by atoms with Gasteiger partial charge in [-0.2, -0.15) is 13.7 Å². The first-order valence-electron chi connectivity index (χ1n) is 5.22. The maximum atomic E-state index is 11.8. The van der Waals surface area contributed by atoms with Gasteiger partial charge in [0.25, 0.3) is 16.0 Å². The van der Waals surface area contributed by atoms with E-state index in [2.05, 4.69) is 0 Å². The smallest absolute Gasteiger partial charge is 0.327 e. The number of nitrogens with one attached hydrogen (secondary N) is 1. The van der Waals surface area contributed by atoms with Gasteiger partial charge in [-0.25, -0.2) is 4.79 Å². The summed E-state index contributed by atoms with van der Waals surface area (Å²) >= 11 is 0. The molecule has 0 aliphatic carbocycles. The van der Waals surface area contributed by atoms with Gasteiger partial charge in [-0.05, 0) is 12.1 Å². The number of rotatable bonds is 5. The van der Waals surface area contributed by atoms with E-state index in [9.17, 15) is 18.0 Å². The number of carboxylic acid groups (broad SMARTS) is 1. The first-order valence-corrected chi connectivity index (χ1v) is 6.83. The lowest BCUT2D eigenvalue weighted by Crippen LogP contribution is -2.45. The van der Waals surface area contributed by atoms with E-state index in [0.29, 0.717) is 0 Å². The normalized spacial score (nSPS) is 12.2. The Balaban J connectivity index is 2.98. The molecular formula is C11H10N2O6S. The maximum Gasteiger partial charge on any atom is 0.327 e. The highest BCUT2D eigenvalue weighted by molar-refractivity contribution is 7.85. The molecule has 0 fully saturated rings. The lowest BCUT2D eigenvalue weighted by molar-refractivity contribution is -0.138. The average molecular weight is 298 g/mol. The third-order valence-electron chi connectivity index (χ3n) is 2.27. The molecule has 0 aliphatic heterocycles. The minimum atomic E-state index is -4.57. The maximum absolute atomic E-state index is 11.8. The lowest BCUT2D eigenvalue weighted by Gasteiger charge is -2.13. The summed E-state index contributed by atoms with van der Waals surface area (Å²) < 4.78 is 30.0. The van der Waals surface area contributed by atoms with Crippen LogP contribution in [0.5, 0.6) is 0 Å². The predicted octanol–water partition coefficient (Wildman–Crippen LogP) is -0.371. The van der Waals surface area contributed by atoms with Crippen LogP contribution in [0.2, 0.25) is 0 Å². The summed E-state index contributed by atoms with van der Waals surface area (Å²) in [7, 11) is -4.57. The summed E-state index contributed by atoms with van der Waals surface area (Å²) in [4.78, 5) is 22.7. The SMILES string of the molecule is N#Cc1ccccc1C(=O)N[C@@H](CS(=O)(=O)O)C(=O)O. The van der Waals surface area contributed by atoms with Crippen molar-refractivity contribution in [1.82, 2.24) is 5.32 Å². The zero-order valence-corrected chi connectivity index (χ0v) is 10.8. The Morgan fingerprint density at radius 3 is 2.45 bits per heavy atom. The fourth-order valence-electron chi connectivity index (χ4n) is 1.40. The Hall–Kier alpha value is -2.44. The van der Waals surface area contributed by atoms with Crippen LogP contribution >= 0.6 is 0 Å². The van der Waals surface area contributed by atoms with Crippen molar-refractivity contribution < 1.29 is 27.7 Å². The molecule has 9 heteroatoms. The van der Waals surface area contributed by atoms with E-state index >= 15 is 0 Å². The summed E-state index contributed by atoms with van der Waals surface area (Å²) in [5, 5.41) is 19.6. The molecule has 0 unspecified atom stereocenters. The van der Waals surface area contributed by atoms with Crippen molar-refractivity contribution >= 4 is 22.0 Å². The molecule has 1 amide bonds. The Bertz CT molecular complexity index is 676. The number of carboxylic acids is 1. The van der Waals surface area contributed by atoms with E-state index in [4.69, 9.17) is 14.9 Å². The third kappa shape index (κ3) is 4.34. The lowest BCUT2D eigenvalue weighted by atomic mass is 10.1. The van der Waals surface area contributed by atoms with E-state index < -0.39 is 33.8 Å². The van der Waals surface area contributed by atoms with Crippen molar-refractivity contribution in [3.8, 4) is 6.07 Å². The van der Waals surface area contributed by atoms with Crippen molar-refractivity contribution in [1.29, 1.82) is 5.26 Å². The zero-order chi connectivity index (χ0) is 15.3. The van der Waals surface area contributed by atoms with Gasteiger partial charge < -0.3 is 10.4 Å². The van der Waals surface area contributed by atoms with Gasteiger partial charge in [0.1, 0.15) is 11.8 Å². The van der Waals surface area contributed by atoms with E-state index in [1.807, 2.05) is 5.32 Å². The second-order valence-electron chi connectivity index (χ2n) is 3.77. The van der Waals surface area contributed by atoms with Crippen LogP contribution in [-0.4, -0.2) is 41.7 Å². The predicted molar refractivity (Wildman–Crippen MR) is 66.5 cm³/mol. The van der Waals surface area contributed by atoms with Crippen LogP contribution in [0, 0.1) is 11.3 Å². The first-order chi connectivity index (χ1) is 9.24. The second-order valence-corrected chi connectivity index (χ2v) is 5.27. The molecule has 0 heterocycles. The average Bonchev–Trinajstić information content (AvgIpc) is 2.36. The minimum absolute atomic E-state index is 0.0148. The first kappa shape index (κ1) is 15.6. The van der Waals surface area contributed by atoms with Gasteiger partial charge in [0, 0.05) is 0 Å². The standard InChI is InChI=1S/C11H10N2O6S/c12-5-7-3-1-2-4-8(7)10(14)13-9(11(15)16)6-20(17,18)19/h1-4,9H,6H2,(H,13,14)(H,15,16)(H,17,18,19)/t9-/m0/s1. The summed E-state index contributed by atoms with van der Waals surface area (Å²) in [6.07, 6.45) is 0. The van der Waals surface area contributed by atoms with Gasteiger partial charge in [0.15, 0.2) is 0 Å². The Morgan fingerprint density at radius 1 is 1.35 bits per heavy atom. The van der Waals surface area contributed by atoms with Crippen molar-refractivity contribution in [3.05, 3.63) is 35.4 Å². The highest BCUT2D eigenvalue weighted by atomic mass is 32.2. The van der Waals surface area contributed by atoms with E-state index in [1.165, 1.54) is 24.3 Å². The molecule has 0 saturated heterocycles. The van der Waals surface area contributed by atoms with Crippen LogP contribution in [0.25, 0.3) is 0 Å². The largest absolute Gasteiger partial charge is 0.480 e. The van der Waals surface area contributed by atoms with Crippen LogP contribution in [0.4, 0.5) is 0 Å². The molecule has 0 aliphatic rings. The fraction of sp³-hybridized carbons (Fsp3) is 0.182. The van der Waals surface area contributed by atoms with Gasteiger partial charge in [-0.3, -0.25) is 9.35 Å². The van der Waals surface area contributed by atoms with Crippen LogP contribution in [0.1, 0.15) is 15.9 Å². The number of nitriles is 1. The topological polar surface area (TPSA) is 145 Å². The van der Waals surface area contributed by atoms with E-state index in [-0.39, 0.29) is 11.1 Å². The van der Waals surface area contributed by atoms with Gasteiger partial charge in [-0.1, -0.05) is 12.1 Å². The number of nitrogens with zero attached hydrogens (tertiary/aromatic N) is 1. The molecule has 0 spiro atoms. The zero-order valence-electron chi connectivity index (χ0n) is 9.98. The van der Waals surface area contributed by atoms with Gasteiger partial charge in [-0.15, -0.1) is 0 Å². The Labute approximate surface area is 114 Å². The number of amides is 1. The number of aliphatic carboxylic acids is 1. The minimum Gasteiger partial charge on any atom is -0.480 e. The van der Waals surface area contributed by atoms with E-state index in [1.54, 1.807) is 6.07 Å². The number of benzene rings is 1. The summed E-state index contributed by atoms with van der Waals surface area (Å²) in [6.45, 7) is 0. The van der Waals surface area contributed by atoms with Crippen molar-refractivity contribution in [2.75, 3.05) is 5.75 Å². The highest BCUT2D eigenvalue weighted by Gasteiger charge is 2.26. The van der Waals surface area contributed by atoms with Crippen LogP contribution < -0.4 is 5.32 Å².